The molecule has 0 saturated carbocycles. The highest BCUT2D eigenvalue weighted by molar-refractivity contribution is 5.74. The van der Waals surface area contributed by atoms with Crippen molar-refractivity contribution in [3.63, 3.8) is 0 Å². The second-order valence-corrected chi connectivity index (χ2v) is 3.43. The molecule has 1 heterocycles. The normalized spacial score (nSPS) is 10.0. The summed E-state index contributed by atoms with van der Waals surface area (Å²) in [6.45, 7) is 0.0638. The molecule has 92 valence electrons. The quantitative estimate of drug-likeness (QED) is 0.455. The minimum Gasteiger partial charge on any atom is -0.469 e. The van der Waals surface area contributed by atoms with Crippen LogP contribution >= 0.6 is 0 Å². The fourth-order valence-electron chi connectivity index (χ4n) is 1.30. The van der Waals surface area contributed by atoms with Crippen LogP contribution < -0.4 is 4.74 Å². The number of aromatic nitrogens is 2. The molecule has 0 bridgehead atoms. The van der Waals surface area contributed by atoms with E-state index in [0.29, 0.717) is 11.3 Å². The lowest BCUT2D eigenvalue weighted by molar-refractivity contribution is -0.389. The summed E-state index contributed by atoms with van der Waals surface area (Å²) < 4.78 is 6.66. The molecule has 7 heteroatoms. The molecule has 1 aromatic carbocycles. The fourth-order valence-corrected chi connectivity index (χ4v) is 1.30. The Kier molecular flexibility index (Phi) is 3.33. The Morgan fingerprint density at radius 1 is 1.33 bits per heavy atom. The van der Waals surface area contributed by atoms with Crippen molar-refractivity contribution in [3.8, 4) is 5.75 Å². The third-order valence-electron chi connectivity index (χ3n) is 2.19. The smallest absolute Gasteiger partial charge is 0.390 e. The topological polar surface area (TPSA) is 87.3 Å². The van der Waals surface area contributed by atoms with Gasteiger partial charge in [0.2, 0.25) is 6.73 Å². The first-order valence-electron chi connectivity index (χ1n) is 5.05. The zero-order valence-electron chi connectivity index (χ0n) is 9.22. The second kappa shape index (κ2) is 5.09. The maximum absolute atomic E-state index is 10.4. The van der Waals surface area contributed by atoms with Crippen LogP contribution in [0.5, 0.6) is 5.75 Å². The van der Waals surface area contributed by atoms with Crippen molar-refractivity contribution in [2.24, 2.45) is 0 Å². The molecule has 0 spiro atoms. The van der Waals surface area contributed by atoms with E-state index in [1.807, 2.05) is 0 Å². The largest absolute Gasteiger partial charge is 0.469 e. The van der Waals surface area contributed by atoms with Gasteiger partial charge in [-0.15, -0.1) is 4.68 Å². The first kappa shape index (κ1) is 11.8. The first-order chi connectivity index (χ1) is 8.69. The van der Waals surface area contributed by atoms with E-state index in [1.165, 1.54) is 16.9 Å². The number of hydrogen-bond donors (Lipinski definition) is 0. The Bertz CT molecular complexity index is 562. The molecule has 0 unspecified atom stereocenters. The van der Waals surface area contributed by atoms with E-state index in [2.05, 4.69) is 5.10 Å². The van der Waals surface area contributed by atoms with Gasteiger partial charge in [-0.2, -0.15) is 0 Å². The maximum atomic E-state index is 10.4. The van der Waals surface area contributed by atoms with Crippen LogP contribution in [0.4, 0.5) is 5.82 Å². The summed E-state index contributed by atoms with van der Waals surface area (Å²) in [5.41, 5.74) is 0.553. The Morgan fingerprint density at radius 2 is 2.06 bits per heavy atom. The standard InChI is InChI=1S/C11H9N3O4/c15-7-9-1-3-10(4-2-9)18-8-13-6-5-11(12-13)14(16)17/h1-7H,8H2. The molecule has 0 aliphatic carbocycles. The van der Waals surface area contributed by atoms with Gasteiger partial charge in [-0.3, -0.25) is 4.79 Å². The van der Waals surface area contributed by atoms with Crippen LogP contribution in [0.1, 0.15) is 10.4 Å². The van der Waals surface area contributed by atoms with Crippen molar-refractivity contribution in [2.75, 3.05) is 0 Å². The molecule has 2 rings (SSSR count). The molecule has 7 nitrogen and oxygen atoms in total. The minimum atomic E-state index is -0.574. The van der Waals surface area contributed by atoms with Gasteiger partial charge in [0, 0.05) is 5.56 Å². The van der Waals surface area contributed by atoms with Crippen LogP contribution in [0, 0.1) is 10.1 Å². The van der Waals surface area contributed by atoms with Gasteiger partial charge in [0.1, 0.15) is 12.0 Å². The molecule has 0 saturated heterocycles. The lowest BCUT2D eigenvalue weighted by Gasteiger charge is -2.03. The number of benzene rings is 1. The molecule has 0 N–H and O–H groups in total. The Hall–Kier alpha value is -2.70. The Balaban J connectivity index is 1.97. The number of carbonyl (C=O) groups excluding carboxylic acids is 1. The summed E-state index contributed by atoms with van der Waals surface area (Å²) in [5, 5.41) is 14.1. The van der Waals surface area contributed by atoms with Crippen molar-refractivity contribution >= 4 is 12.1 Å². The van der Waals surface area contributed by atoms with Crippen LogP contribution in [0.2, 0.25) is 0 Å². The number of aldehydes is 1. The fraction of sp³-hybridized carbons (Fsp3) is 0.0909. The molecule has 0 atom stereocenters. The summed E-state index contributed by atoms with van der Waals surface area (Å²) >= 11 is 0. The summed E-state index contributed by atoms with van der Waals surface area (Å²) in [4.78, 5) is 20.3. The van der Waals surface area contributed by atoms with Gasteiger partial charge < -0.3 is 14.9 Å². The lowest BCUT2D eigenvalue weighted by atomic mass is 10.2. The van der Waals surface area contributed by atoms with E-state index in [1.54, 1.807) is 24.3 Å². The number of hydrogen-bond acceptors (Lipinski definition) is 5. The number of carbonyl (C=O) groups is 1. The van der Waals surface area contributed by atoms with Crippen LogP contribution in [0.25, 0.3) is 0 Å². The van der Waals surface area contributed by atoms with E-state index >= 15 is 0 Å². The SMILES string of the molecule is O=Cc1ccc(OCn2ccc([N+](=O)[O-])n2)cc1. The molecule has 0 aliphatic rings. The average Bonchev–Trinajstić information content (AvgIpc) is 2.86. The van der Waals surface area contributed by atoms with E-state index < -0.39 is 4.92 Å². The third-order valence-corrected chi connectivity index (χ3v) is 2.19. The van der Waals surface area contributed by atoms with Gasteiger partial charge in [-0.1, -0.05) is 0 Å². The molecular weight excluding hydrogens is 238 g/mol. The van der Waals surface area contributed by atoms with Crippen molar-refractivity contribution in [3.05, 3.63) is 52.2 Å². The second-order valence-electron chi connectivity index (χ2n) is 3.43. The van der Waals surface area contributed by atoms with Gasteiger partial charge in [0.25, 0.3) is 0 Å². The summed E-state index contributed by atoms with van der Waals surface area (Å²) in [5.74, 6) is 0.327. The molecule has 18 heavy (non-hydrogen) atoms. The highest BCUT2D eigenvalue weighted by atomic mass is 16.6. The number of nitro groups is 1. The predicted molar refractivity (Wildman–Crippen MR) is 61.3 cm³/mol. The minimum absolute atomic E-state index is 0.0638. The molecular formula is C11H9N3O4. The van der Waals surface area contributed by atoms with E-state index in [9.17, 15) is 14.9 Å². The van der Waals surface area contributed by atoms with Crippen molar-refractivity contribution < 1.29 is 14.5 Å². The Morgan fingerprint density at radius 3 is 2.61 bits per heavy atom. The van der Waals surface area contributed by atoms with Gasteiger partial charge in [-0.25, -0.2) is 0 Å². The molecule has 0 fully saturated rings. The summed E-state index contributed by atoms with van der Waals surface area (Å²) in [6, 6.07) is 7.81. The zero-order chi connectivity index (χ0) is 13.0. The Labute approximate surface area is 102 Å². The summed E-state index contributed by atoms with van der Waals surface area (Å²) in [7, 11) is 0. The van der Waals surface area contributed by atoms with Crippen molar-refractivity contribution in [1.82, 2.24) is 9.78 Å². The van der Waals surface area contributed by atoms with Crippen molar-refractivity contribution in [1.29, 1.82) is 0 Å². The zero-order valence-corrected chi connectivity index (χ0v) is 9.22. The van der Waals surface area contributed by atoms with Crippen LogP contribution in [0.3, 0.4) is 0 Å². The highest BCUT2D eigenvalue weighted by Crippen LogP contribution is 2.12. The van der Waals surface area contributed by atoms with Crippen molar-refractivity contribution in [2.45, 2.75) is 6.73 Å². The van der Waals surface area contributed by atoms with Gasteiger partial charge in [0.05, 0.1) is 17.4 Å². The molecule has 0 radical (unpaired) electrons. The molecule has 0 amide bonds. The number of nitrogens with zero attached hydrogens (tertiary/aromatic N) is 3. The third kappa shape index (κ3) is 2.70. The van der Waals surface area contributed by atoms with Gasteiger partial charge >= 0.3 is 5.82 Å². The average molecular weight is 247 g/mol. The number of ether oxygens (including phenoxy) is 1. The predicted octanol–water partition coefficient (Wildman–Crippen LogP) is 1.64. The molecule has 0 aliphatic heterocycles. The van der Waals surface area contributed by atoms with Crippen LogP contribution in [-0.2, 0) is 6.73 Å². The maximum Gasteiger partial charge on any atom is 0.390 e. The van der Waals surface area contributed by atoms with Gasteiger partial charge in [-0.05, 0) is 29.2 Å². The molecule has 1 aromatic heterocycles. The summed E-state index contributed by atoms with van der Waals surface area (Å²) in [6.07, 6.45) is 2.19. The van der Waals surface area contributed by atoms with Crippen LogP contribution in [-0.4, -0.2) is 21.0 Å². The molecule has 2 aromatic rings. The van der Waals surface area contributed by atoms with E-state index in [0.717, 1.165) is 6.29 Å². The first-order valence-corrected chi connectivity index (χ1v) is 5.05. The highest BCUT2D eigenvalue weighted by Gasteiger charge is 2.10. The van der Waals surface area contributed by atoms with E-state index in [4.69, 9.17) is 4.74 Å². The lowest BCUT2D eigenvalue weighted by Crippen LogP contribution is -2.06. The van der Waals surface area contributed by atoms with Gasteiger partial charge in [0.15, 0.2) is 0 Å². The van der Waals surface area contributed by atoms with E-state index in [-0.39, 0.29) is 12.5 Å². The number of rotatable bonds is 5. The van der Waals surface area contributed by atoms with Crippen LogP contribution in [0.15, 0.2) is 36.5 Å². The monoisotopic (exact) mass is 247 g/mol.